The summed E-state index contributed by atoms with van der Waals surface area (Å²) >= 11 is 3.04. The number of hydrogen-bond donors (Lipinski definition) is 2. The maximum absolute atomic E-state index is 13.3. The average Bonchev–Trinajstić information content (AvgIpc) is 2.44. The van der Waals surface area contributed by atoms with E-state index in [1.807, 2.05) is 0 Å². The highest BCUT2D eigenvalue weighted by molar-refractivity contribution is 9.10. The van der Waals surface area contributed by atoms with E-state index >= 15 is 0 Å². The van der Waals surface area contributed by atoms with Crippen LogP contribution in [0.5, 0.6) is 0 Å². The number of halogens is 2. The molecule has 0 unspecified atom stereocenters. The molecule has 0 aliphatic rings. The smallest absolute Gasteiger partial charge is 0.337 e. The molecule has 2 N–H and O–H groups in total. The number of nitrogens with zero attached hydrogens (tertiary/aromatic N) is 1. The van der Waals surface area contributed by atoms with Gasteiger partial charge in [0.05, 0.1) is 10.0 Å². The summed E-state index contributed by atoms with van der Waals surface area (Å²) in [6.45, 7) is 1.66. The topological polar surface area (TPSA) is 79.3 Å². The van der Waals surface area contributed by atoms with Crippen molar-refractivity contribution in [2.75, 3.05) is 5.32 Å². The second-order valence-electron chi connectivity index (χ2n) is 4.27. The zero-order valence-corrected chi connectivity index (χ0v) is 12.4. The number of aromatic carboxylic acids is 1. The molecule has 1 heterocycles. The standard InChI is InChI=1S/C14H10BrFN2O3/c1-7-4-10(16)9(15)5-12(7)18-13(19)11-3-2-8(6-17-11)14(20)21/h2-6H,1H3,(H,18,19)(H,20,21). The van der Waals surface area contributed by atoms with Gasteiger partial charge >= 0.3 is 5.97 Å². The van der Waals surface area contributed by atoms with Crippen LogP contribution in [0.4, 0.5) is 10.1 Å². The summed E-state index contributed by atoms with van der Waals surface area (Å²) in [7, 11) is 0. The van der Waals surface area contributed by atoms with Crippen molar-refractivity contribution < 1.29 is 19.1 Å². The number of carbonyl (C=O) groups excluding carboxylic acids is 1. The van der Waals surface area contributed by atoms with Crippen molar-refractivity contribution >= 4 is 33.5 Å². The third-order valence-corrected chi connectivity index (χ3v) is 3.37. The Morgan fingerprint density at radius 3 is 2.62 bits per heavy atom. The van der Waals surface area contributed by atoms with Crippen molar-refractivity contribution in [1.82, 2.24) is 4.98 Å². The normalized spacial score (nSPS) is 10.2. The van der Waals surface area contributed by atoms with Crippen molar-refractivity contribution in [3.63, 3.8) is 0 Å². The number of benzene rings is 1. The molecule has 0 spiro atoms. The van der Waals surface area contributed by atoms with Crippen LogP contribution in [0.2, 0.25) is 0 Å². The number of anilines is 1. The maximum Gasteiger partial charge on any atom is 0.337 e. The number of carboxylic acid groups (broad SMARTS) is 1. The van der Waals surface area contributed by atoms with E-state index in [4.69, 9.17) is 5.11 Å². The number of hydrogen-bond acceptors (Lipinski definition) is 3. The number of aromatic nitrogens is 1. The fraction of sp³-hybridized carbons (Fsp3) is 0.0714. The summed E-state index contributed by atoms with van der Waals surface area (Å²) in [5.41, 5.74) is 1.07. The van der Waals surface area contributed by atoms with Crippen LogP contribution in [0.1, 0.15) is 26.4 Å². The highest BCUT2D eigenvalue weighted by atomic mass is 79.9. The molecule has 21 heavy (non-hydrogen) atoms. The zero-order chi connectivity index (χ0) is 15.6. The van der Waals surface area contributed by atoms with Gasteiger partial charge in [0.2, 0.25) is 0 Å². The number of aryl methyl sites for hydroxylation is 1. The van der Waals surface area contributed by atoms with Gasteiger partial charge in [0.15, 0.2) is 0 Å². The lowest BCUT2D eigenvalue weighted by atomic mass is 10.2. The molecule has 2 aromatic rings. The second-order valence-corrected chi connectivity index (χ2v) is 5.13. The summed E-state index contributed by atoms with van der Waals surface area (Å²) in [4.78, 5) is 26.5. The number of nitrogens with one attached hydrogen (secondary N) is 1. The summed E-state index contributed by atoms with van der Waals surface area (Å²) in [6.07, 6.45) is 1.10. The van der Waals surface area contributed by atoms with Crippen molar-refractivity contribution in [3.05, 3.63) is 57.6 Å². The van der Waals surface area contributed by atoms with Gasteiger partial charge in [-0.05, 0) is 52.7 Å². The highest BCUT2D eigenvalue weighted by Crippen LogP contribution is 2.24. The van der Waals surface area contributed by atoms with E-state index < -0.39 is 17.7 Å². The first kappa shape index (κ1) is 15.1. The molecule has 0 saturated heterocycles. The Hall–Kier alpha value is -2.28. The van der Waals surface area contributed by atoms with Crippen LogP contribution < -0.4 is 5.32 Å². The fourth-order valence-electron chi connectivity index (χ4n) is 1.62. The minimum absolute atomic E-state index is 0.00717. The Morgan fingerprint density at radius 1 is 1.33 bits per heavy atom. The lowest BCUT2D eigenvalue weighted by molar-refractivity contribution is 0.0696. The molecule has 0 saturated carbocycles. The quantitative estimate of drug-likeness (QED) is 0.888. The first-order valence-corrected chi connectivity index (χ1v) is 6.64. The monoisotopic (exact) mass is 352 g/mol. The summed E-state index contributed by atoms with van der Waals surface area (Å²) in [6, 6.07) is 5.35. The third kappa shape index (κ3) is 3.43. The van der Waals surface area contributed by atoms with E-state index in [1.165, 1.54) is 24.3 Å². The number of rotatable bonds is 3. The second kappa shape index (κ2) is 6.01. The fourth-order valence-corrected chi connectivity index (χ4v) is 1.97. The summed E-state index contributed by atoms with van der Waals surface area (Å²) in [5.74, 6) is -2.05. The highest BCUT2D eigenvalue weighted by Gasteiger charge is 2.12. The van der Waals surface area contributed by atoms with Crippen LogP contribution >= 0.6 is 15.9 Å². The Kier molecular flexibility index (Phi) is 4.32. The SMILES string of the molecule is Cc1cc(F)c(Br)cc1NC(=O)c1ccc(C(=O)O)cn1. The van der Waals surface area contributed by atoms with Crippen molar-refractivity contribution in [2.24, 2.45) is 0 Å². The molecule has 0 bridgehead atoms. The lowest BCUT2D eigenvalue weighted by Crippen LogP contribution is -2.15. The third-order valence-electron chi connectivity index (χ3n) is 2.76. The minimum atomic E-state index is -1.12. The van der Waals surface area contributed by atoms with Crippen LogP contribution in [0.15, 0.2) is 34.9 Å². The lowest BCUT2D eigenvalue weighted by Gasteiger charge is -2.09. The largest absolute Gasteiger partial charge is 0.478 e. The van der Waals surface area contributed by atoms with E-state index in [9.17, 15) is 14.0 Å². The number of carboxylic acids is 1. The van der Waals surface area contributed by atoms with E-state index in [-0.39, 0.29) is 15.7 Å². The number of amides is 1. The van der Waals surface area contributed by atoms with Crippen molar-refractivity contribution in [1.29, 1.82) is 0 Å². The van der Waals surface area contributed by atoms with Gasteiger partial charge in [-0.15, -0.1) is 0 Å². The van der Waals surface area contributed by atoms with E-state index in [0.717, 1.165) is 6.20 Å². The van der Waals surface area contributed by atoms with Crippen LogP contribution in [0.3, 0.4) is 0 Å². The Morgan fingerprint density at radius 2 is 2.05 bits per heavy atom. The van der Waals surface area contributed by atoms with Crippen LogP contribution in [0.25, 0.3) is 0 Å². The molecule has 5 nitrogen and oxygen atoms in total. The van der Waals surface area contributed by atoms with E-state index in [0.29, 0.717) is 11.3 Å². The van der Waals surface area contributed by atoms with Gasteiger partial charge in [0.1, 0.15) is 11.5 Å². The van der Waals surface area contributed by atoms with Crippen molar-refractivity contribution in [3.8, 4) is 0 Å². The van der Waals surface area contributed by atoms with Crippen molar-refractivity contribution in [2.45, 2.75) is 6.92 Å². The molecule has 108 valence electrons. The van der Waals surface area contributed by atoms with Crippen LogP contribution in [0, 0.1) is 12.7 Å². The molecule has 1 amide bonds. The zero-order valence-electron chi connectivity index (χ0n) is 10.9. The molecule has 2 rings (SSSR count). The molecule has 7 heteroatoms. The first-order chi connectivity index (χ1) is 9.88. The Balaban J connectivity index is 2.22. The summed E-state index contributed by atoms with van der Waals surface area (Å²) in [5, 5.41) is 11.4. The van der Waals surface area contributed by atoms with Gasteiger partial charge in [-0.3, -0.25) is 9.78 Å². The van der Waals surface area contributed by atoms with Crippen LogP contribution in [-0.2, 0) is 0 Å². The molecule has 0 aliphatic heterocycles. The number of carbonyl (C=O) groups is 2. The minimum Gasteiger partial charge on any atom is -0.478 e. The molecule has 0 fully saturated rings. The molecule has 0 atom stereocenters. The van der Waals surface area contributed by atoms with E-state index in [2.05, 4.69) is 26.2 Å². The van der Waals surface area contributed by atoms with Gasteiger partial charge in [0, 0.05) is 11.9 Å². The Labute approximate surface area is 128 Å². The Bertz CT molecular complexity index is 717. The van der Waals surface area contributed by atoms with Gasteiger partial charge < -0.3 is 10.4 Å². The molecule has 0 radical (unpaired) electrons. The van der Waals surface area contributed by atoms with Gasteiger partial charge in [-0.25, -0.2) is 9.18 Å². The predicted octanol–water partition coefficient (Wildman–Crippen LogP) is 3.24. The average molecular weight is 353 g/mol. The van der Waals surface area contributed by atoms with Gasteiger partial charge in [-0.2, -0.15) is 0 Å². The number of pyridine rings is 1. The summed E-state index contributed by atoms with van der Waals surface area (Å²) < 4.78 is 13.5. The molecular weight excluding hydrogens is 343 g/mol. The van der Waals surface area contributed by atoms with Gasteiger partial charge in [0.25, 0.3) is 5.91 Å². The maximum atomic E-state index is 13.3. The van der Waals surface area contributed by atoms with E-state index in [1.54, 1.807) is 6.92 Å². The molecule has 1 aromatic carbocycles. The first-order valence-electron chi connectivity index (χ1n) is 5.85. The molecule has 0 aliphatic carbocycles. The van der Waals surface area contributed by atoms with Gasteiger partial charge in [-0.1, -0.05) is 0 Å². The predicted molar refractivity (Wildman–Crippen MR) is 78.0 cm³/mol. The molecular formula is C14H10BrFN2O3. The van der Waals surface area contributed by atoms with Crippen LogP contribution in [-0.4, -0.2) is 22.0 Å². The molecule has 1 aromatic heterocycles.